The fourth-order valence-corrected chi connectivity index (χ4v) is 0.470. The number of alkyl halides is 7. The van der Waals surface area contributed by atoms with Crippen LogP contribution in [0, 0.1) is 0 Å². The number of hydrogen-bond acceptors (Lipinski definition) is 2. The number of hydrogen-bond donors (Lipinski definition) is 2. The number of rotatable bonds is 5. The molecular weight excluding hydrogens is 223 g/mol. The first-order valence-electron chi connectivity index (χ1n) is 3.21. The Labute approximate surface area is 73.7 Å². The van der Waals surface area contributed by atoms with Crippen molar-refractivity contribution in [3.63, 3.8) is 0 Å². The van der Waals surface area contributed by atoms with E-state index >= 15 is 0 Å². The minimum Gasteiger partial charge on any atom is -0.393 e. The van der Waals surface area contributed by atoms with Gasteiger partial charge < -0.3 is 5.11 Å². The Morgan fingerprint density at radius 2 is 1.43 bits per heavy atom. The van der Waals surface area contributed by atoms with Crippen LogP contribution in [-0.4, -0.2) is 36.4 Å². The summed E-state index contributed by atoms with van der Waals surface area (Å²) in [6.45, 7) is -1.76. The summed E-state index contributed by atoms with van der Waals surface area (Å²) >= 11 is 0. The van der Waals surface area contributed by atoms with Gasteiger partial charge in [-0.2, -0.15) is 22.9 Å². The lowest BCUT2D eigenvalue weighted by atomic mass is 10.3. The molecule has 14 heavy (non-hydrogen) atoms. The number of nitrogens with one attached hydrogen (secondary N) is 1. The molecule has 0 spiro atoms. The molecule has 0 aromatic rings. The summed E-state index contributed by atoms with van der Waals surface area (Å²) in [7, 11) is 0. The highest BCUT2D eigenvalue weighted by Gasteiger charge is 2.52. The molecule has 0 rings (SSSR count). The molecule has 0 saturated carbocycles. The lowest BCUT2D eigenvalue weighted by Crippen LogP contribution is -2.57. The highest BCUT2D eigenvalue weighted by atomic mass is 19.3. The molecule has 0 aromatic heterocycles. The topological polar surface area (TPSA) is 32.3 Å². The Kier molecular flexibility index (Phi) is 4.13. The van der Waals surface area contributed by atoms with Crippen LogP contribution in [0.2, 0.25) is 0 Å². The lowest BCUT2D eigenvalue weighted by Gasteiger charge is -2.25. The predicted molar refractivity (Wildman–Crippen MR) is 31.0 cm³/mol. The van der Waals surface area contributed by atoms with Gasteiger partial charge in [0.2, 0.25) is 6.17 Å². The van der Waals surface area contributed by atoms with E-state index in [2.05, 4.69) is 0 Å². The Morgan fingerprint density at radius 3 is 1.71 bits per heavy atom. The van der Waals surface area contributed by atoms with E-state index in [1.165, 1.54) is 0 Å². The summed E-state index contributed by atoms with van der Waals surface area (Å²) in [5.41, 5.74) is 0. The van der Waals surface area contributed by atoms with E-state index in [9.17, 15) is 30.7 Å². The van der Waals surface area contributed by atoms with Crippen molar-refractivity contribution in [2.24, 2.45) is 0 Å². The van der Waals surface area contributed by atoms with Crippen LogP contribution < -0.4 is 5.32 Å². The minimum atomic E-state index is -5.22. The summed E-state index contributed by atoms with van der Waals surface area (Å²) in [4.78, 5) is 0. The zero-order valence-corrected chi connectivity index (χ0v) is 6.45. The van der Waals surface area contributed by atoms with Gasteiger partial charge in [0.1, 0.15) is 0 Å². The van der Waals surface area contributed by atoms with Crippen LogP contribution in [-0.2, 0) is 0 Å². The molecule has 0 heterocycles. The van der Waals surface area contributed by atoms with Crippen molar-refractivity contribution < 1.29 is 35.8 Å². The third kappa shape index (κ3) is 3.29. The third-order valence-electron chi connectivity index (χ3n) is 1.16. The fraction of sp³-hybridized carbons (Fsp3) is 1.00. The van der Waals surface area contributed by atoms with Crippen molar-refractivity contribution in [3.8, 4) is 0 Å². The average molecular weight is 229 g/mol. The maximum Gasteiger partial charge on any atom is 0.367 e. The molecule has 0 aliphatic carbocycles. The van der Waals surface area contributed by atoms with Gasteiger partial charge in [-0.05, 0) is 0 Å². The third-order valence-corrected chi connectivity index (χ3v) is 1.16. The molecule has 0 radical (unpaired) electrons. The second-order valence-electron chi connectivity index (χ2n) is 2.32. The quantitative estimate of drug-likeness (QED) is 0.551. The molecule has 0 amide bonds. The van der Waals surface area contributed by atoms with Gasteiger partial charge in [0.25, 0.3) is 0 Å². The maximum atomic E-state index is 12.2. The standard InChI is InChI=1S/C5H6F7NO/c6-2(1-14)4(9,10)13-5(11,12)3(7)8/h2-3,13-14H,1H2. The molecule has 0 aromatic carbocycles. The Morgan fingerprint density at radius 1 is 1.00 bits per heavy atom. The van der Waals surface area contributed by atoms with Gasteiger partial charge in [-0.25, -0.2) is 13.2 Å². The highest BCUT2D eigenvalue weighted by Crippen LogP contribution is 2.27. The summed E-state index contributed by atoms with van der Waals surface area (Å²) in [6, 6.07) is -10.1. The summed E-state index contributed by atoms with van der Waals surface area (Å²) in [5, 5.41) is 7.71. The SMILES string of the molecule is OCC(F)C(F)(F)NC(F)(F)C(F)F. The van der Waals surface area contributed by atoms with E-state index in [1.54, 1.807) is 0 Å². The van der Waals surface area contributed by atoms with Crippen molar-refractivity contribution in [1.29, 1.82) is 0 Å². The molecule has 2 nitrogen and oxygen atoms in total. The van der Waals surface area contributed by atoms with Gasteiger partial charge in [-0.1, -0.05) is 0 Å². The second kappa shape index (κ2) is 4.30. The van der Waals surface area contributed by atoms with E-state index in [1.807, 2.05) is 0 Å². The van der Waals surface area contributed by atoms with Gasteiger partial charge in [-0.15, -0.1) is 0 Å². The maximum absolute atomic E-state index is 12.2. The fourth-order valence-electron chi connectivity index (χ4n) is 0.470. The molecule has 0 fully saturated rings. The molecular formula is C5H6F7NO. The highest BCUT2D eigenvalue weighted by molar-refractivity contribution is 4.79. The zero-order valence-electron chi connectivity index (χ0n) is 6.45. The van der Waals surface area contributed by atoms with Crippen LogP contribution in [0.4, 0.5) is 30.7 Å². The molecule has 86 valence electrons. The van der Waals surface area contributed by atoms with Crippen LogP contribution in [0.1, 0.15) is 0 Å². The molecule has 0 aliphatic heterocycles. The van der Waals surface area contributed by atoms with Crippen molar-refractivity contribution in [3.05, 3.63) is 0 Å². The molecule has 1 atom stereocenters. The molecule has 0 saturated heterocycles. The van der Waals surface area contributed by atoms with Gasteiger partial charge in [0, 0.05) is 0 Å². The first-order chi connectivity index (χ1) is 6.13. The smallest absolute Gasteiger partial charge is 0.367 e. The molecule has 2 N–H and O–H groups in total. The van der Waals surface area contributed by atoms with E-state index < -0.39 is 31.3 Å². The van der Waals surface area contributed by atoms with Crippen molar-refractivity contribution in [1.82, 2.24) is 5.32 Å². The summed E-state index contributed by atoms with van der Waals surface area (Å²) in [5.74, 6) is 0. The predicted octanol–water partition coefficient (Wildman–Crippen LogP) is 1.36. The number of aliphatic hydroxyl groups is 1. The van der Waals surface area contributed by atoms with Crippen molar-refractivity contribution in [2.75, 3.05) is 6.61 Å². The monoisotopic (exact) mass is 229 g/mol. The molecule has 0 bridgehead atoms. The van der Waals surface area contributed by atoms with Crippen LogP contribution in [0.3, 0.4) is 0 Å². The van der Waals surface area contributed by atoms with E-state index in [0.717, 1.165) is 0 Å². The molecule has 9 heteroatoms. The first kappa shape index (κ1) is 13.4. The number of aliphatic hydroxyl groups excluding tert-OH is 1. The van der Waals surface area contributed by atoms with Gasteiger partial charge >= 0.3 is 18.5 Å². The molecule has 1 unspecified atom stereocenters. The van der Waals surface area contributed by atoms with Crippen LogP contribution >= 0.6 is 0 Å². The van der Waals surface area contributed by atoms with Crippen molar-refractivity contribution in [2.45, 2.75) is 24.7 Å². The largest absolute Gasteiger partial charge is 0.393 e. The van der Waals surface area contributed by atoms with E-state index in [0.29, 0.717) is 0 Å². The first-order valence-corrected chi connectivity index (χ1v) is 3.21. The Balaban J connectivity index is 4.49. The Hall–Kier alpha value is -0.570. The van der Waals surface area contributed by atoms with Crippen LogP contribution in [0.5, 0.6) is 0 Å². The normalized spacial score (nSPS) is 16.1. The van der Waals surface area contributed by atoms with E-state index in [-0.39, 0.29) is 5.32 Å². The molecule has 0 aliphatic rings. The van der Waals surface area contributed by atoms with Gasteiger partial charge in [-0.3, -0.25) is 0 Å². The second-order valence-corrected chi connectivity index (χ2v) is 2.32. The van der Waals surface area contributed by atoms with Gasteiger partial charge in [0.15, 0.2) is 0 Å². The average Bonchev–Trinajstić information content (AvgIpc) is 2.00. The minimum absolute atomic E-state index is 0.169. The van der Waals surface area contributed by atoms with Crippen LogP contribution in [0.15, 0.2) is 0 Å². The number of halogens is 7. The summed E-state index contributed by atoms with van der Waals surface area (Å²) in [6.07, 6.45) is -7.79. The lowest BCUT2D eigenvalue weighted by molar-refractivity contribution is -0.229. The summed E-state index contributed by atoms with van der Waals surface area (Å²) < 4.78 is 83.1. The zero-order chi connectivity index (χ0) is 11.6. The van der Waals surface area contributed by atoms with Crippen molar-refractivity contribution >= 4 is 0 Å². The Bertz CT molecular complexity index is 185. The van der Waals surface area contributed by atoms with E-state index in [4.69, 9.17) is 5.11 Å². The van der Waals surface area contributed by atoms with Crippen LogP contribution in [0.25, 0.3) is 0 Å². The van der Waals surface area contributed by atoms with Gasteiger partial charge in [0.05, 0.1) is 6.61 Å².